The zero-order valence-corrected chi connectivity index (χ0v) is 20.9. The lowest BCUT2D eigenvalue weighted by Gasteiger charge is -2.30. The van der Waals surface area contributed by atoms with E-state index in [0.717, 1.165) is 27.9 Å². The topological polar surface area (TPSA) is 105 Å². The highest BCUT2D eigenvalue weighted by molar-refractivity contribution is 6.09. The molecule has 0 aliphatic carbocycles. The van der Waals surface area contributed by atoms with Crippen LogP contribution < -0.4 is 5.73 Å². The second-order valence-corrected chi connectivity index (χ2v) is 9.54. The number of nitrogens with zero attached hydrogens (tertiary/aromatic N) is 5. The van der Waals surface area contributed by atoms with Crippen molar-refractivity contribution in [3.63, 3.8) is 0 Å². The van der Waals surface area contributed by atoms with Crippen molar-refractivity contribution in [2.24, 2.45) is 10.7 Å². The summed E-state index contributed by atoms with van der Waals surface area (Å²) in [5.41, 5.74) is 9.82. The average molecular weight is 503 g/mol. The minimum absolute atomic E-state index is 0.102. The van der Waals surface area contributed by atoms with E-state index in [1.54, 1.807) is 17.2 Å². The number of aliphatic imine (C=N–C) groups is 1. The Balaban J connectivity index is 1.32. The van der Waals surface area contributed by atoms with Gasteiger partial charge in [0.1, 0.15) is 6.33 Å². The van der Waals surface area contributed by atoms with Crippen molar-refractivity contribution >= 4 is 17.8 Å². The van der Waals surface area contributed by atoms with Gasteiger partial charge < -0.3 is 10.6 Å². The predicted octanol–water partition coefficient (Wildman–Crippen LogP) is 3.79. The number of hydrogen-bond acceptors (Lipinski definition) is 6. The molecule has 188 valence electrons. The first kappa shape index (κ1) is 23.5. The molecule has 38 heavy (non-hydrogen) atoms. The summed E-state index contributed by atoms with van der Waals surface area (Å²) >= 11 is 0. The van der Waals surface area contributed by atoms with Gasteiger partial charge in [0.05, 0.1) is 18.3 Å². The van der Waals surface area contributed by atoms with Crippen LogP contribution in [-0.2, 0) is 23.4 Å². The molecule has 1 atom stereocenters. The number of nitrogens with two attached hydrogens (primary N) is 1. The van der Waals surface area contributed by atoms with E-state index in [2.05, 4.69) is 9.97 Å². The van der Waals surface area contributed by atoms with Crippen LogP contribution in [0.1, 0.15) is 51.3 Å². The molecule has 6 rings (SSSR count). The first-order valence-corrected chi connectivity index (χ1v) is 12.5. The fourth-order valence-electron chi connectivity index (χ4n) is 5.33. The van der Waals surface area contributed by atoms with Crippen molar-refractivity contribution in [3.05, 3.63) is 131 Å². The number of hydrogen-bond donors (Lipinski definition) is 1. The van der Waals surface area contributed by atoms with Gasteiger partial charge in [-0.25, -0.2) is 15.0 Å². The van der Waals surface area contributed by atoms with E-state index in [-0.39, 0.29) is 17.8 Å². The maximum Gasteiger partial charge on any atom is 0.267 e. The van der Waals surface area contributed by atoms with Gasteiger partial charge in [0.15, 0.2) is 11.5 Å². The lowest BCUT2D eigenvalue weighted by Crippen LogP contribution is -2.44. The molecule has 4 aromatic rings. The summed E-state index contributed by atoms with van der Waals surface area (Å²) in [5, 5.41) is 0. The first-order valence-electron chi connectivity index (χ1n) is 12.5. The van der Waals surface area contributed by atoms with Gasteiger partial charge in [0, 0.05) is 23.9 Å². The van der Waals surface area contributed by atoms with Gasteiger partial charge in [-0.1, -0.05) is 72.8 Å². The minimum Gasteiger partial charge on any atom is -0.369 e. The summed E-state index contributed by atoms with van der Waals surface area (Å²) < 4.78 is 0. The van der Waals surface area contributed by atoms with Crippen LogP contribution in [0, 0.1) is 0 Å². The summed E-state index contributed by atoms with van der Waals surface area (Å²) in [5.74, 6) is -0.194. The van der Waals surface area contributed by atoms with Gasteiger partial charge in [-0.15, -0.1) is 0 Å². The number of aromatic nitrogens is 2. The van der Waals surface area contributed by atoms with Crippen LogP contribution >= 0.6 is 0 Å². The smallest absolute Gasteiger partial charge is 0.267 e. The van der Waals surface area contributed by atoms with Crippen molar-refractivity contribution in [2.75, 3.05) is 0 Å². The molecule has 0 radical (unpaired) electrons. The Morgan fingerprint density at radius 2 is 1.63 bits per heavy atom. The minimum atomic E-state index is -1.28. The lowest BCUT2D eigenvalue weighted by atomic mass is 9.82. The van der Waals surface area contributed by atoms with Crippen LogP contribution in [0.3, 0.4) is 0 Å². The maximum absolute atomic E-state index is 14.3. The maximum atomic E-state index is 14.3. The standard InChI is InChI=1S/C30H26N6O2/c1-20(21-9-8-10-22(15-21)27(37)35-17-23-16-32-19-33-26(23)18-35)36-28(38)30(34-29(36)31,24-11-4-2-5-12-24)25-13-6-3-7-14-25/h2-16,19-20H,17-18H2,1H3,(H2,31,34)/t20-/m1/s1. The number of amides is 2. The molecule has 3 heterocycles. The first-order chi connectivity index (χ1) is 18.5. The summed E-state index contributed by atoms with van der Waals surface area (Å²) in [6.45, 7) is 2.81. The molecule has 0 saturated heterocycles. The van der Waals surface area contributed by atoms with Gasteiger partial charge >= 0.3 is 0 Å². The van der Waals surface area contributed by atoms with E-state index in [1.165, 1.54) is 11.2 Å². The molecule has 2 aliphatic heterocycles. The van der Waals surface area contributed by atoms with Crippen LogP contribution in [0.5, 0.6) is 0 Å². The number of rotatable bonds is 5. The van der Waals surface area contributed by atoms with Crippen LogP contribution in [0.15, 0.2) is 102 Å². The van der Waals surface area contributed by atoms with E-state index in [4.69, 9.17) is 10.7 Å². The predicted molar refractivity (Wildman–Crippen MR) is 143 cm³/mol. The molecule has 3 aromatic carbocycles. The SMILES string of the molecule is C[C@H](c1cccc(C(=O)N2Cc3cncnc3C2)c1)N1C(=O)C(c2ccccc2)(c2ccccc2)N=C1N. The van der Waals surface area contributed by atoms with E-state index >= 15 is 0 Å². The summed E-state index contributed by atoms with van der Waals surface area (Å²) in [7, 11) is 0. The average Bonchev–Trinajstić information content (AvgIpc) is 3.52. The Kier molecular flexibility index (Phi) is 5.72. The molecular weight excluding hydrogens is 476 g/mol. The quantitative estimate of drug-likeness (QED) is 0.447. The molecule has 1 aromatic heterocycles. The molecule has 8 nitrogen and oxygen atoms in total. The summed E-state index contributed by atoms with van der Waals surface area (Å²) in [4.78, 5) is 44.0. The van der Waals surface area contributed by atoms with Crippen molar-refractivity contribution < 1.29 is 9.59 Å². The van der Waals surface area contributed by atoms with Gasteiger partial charge in [-0.3, -0.25) is 14.5 Å². The number of guanidine groups is 1. The van der Waals surface area contributed by atoms with E-state index in [9.17, 15) is 9.59 Å². The molecule has 2 N–H and O–H groups in total. The lowest BCUT2D eigenvalue weighted by molar-refractivity contribution is -0.131. The van der Waals surface area contributed by atoms with Crippen LogP contribution in [-0.4, -0.2) is 37.5 Å². The molecular formula is C30H26N6O2. The van der Waals surface area contributed by atoms with E-state index in [0.29, 0.717) is 18.7 Å². The number of benzene rings is 3. The Labute approximate surface area is 220 Å². The fourth-order valence-corrected chi connectivity index (χ4v) is 5.33. The number of carbonyl (C=O) groups excluding carboxylic acids is 2. The molecule has 8 heteroatoms. The third-order valence-corrected chi connectivity index (χ3v) is 7.31. The fraction of sp³-hybridized carbons (Fsp3) is 0.167. The molecule has 0 spiro atoms. The number of carbonyl (C=O) groups is 2. The molecule has 2 aliphatic rings. The highest BCUT2D eigenvalue weighted by Crippen LogP contribution is 2.42. The second kappa shape index (κ2) is 9.23. The Morgan fingerprint density at radius 1 is 0.947 bits per heavy atom. The highest BCUT2D eigenvalue weighted by atomic mass is 16.2. The third-order valence-electron chi connectivity index (χ3n) is 7.31. The van der Waals surface area contributed by atoms with Crippen molar-refractivity contribution in [3.8, 4) is 0 Å². The zero-order valence-electron chi connectivity index (χ0n) is 20.9. The second-order valence-electron chi connectivity index (χ2n) is 9.54. The number of fused-ring (bicyclic) bond motifs is 1. The van der Waals surface area contributed by atoms with E-state index < -0.39 is 11.6 Å². The summed E-state index contributed by atoms with van der Waals surface area (Å²) in [6.07, 6.45) is 3.25. The Bertz CT molecular complexity index is 1490. The molecule has 0 unspecified atom stereocenters. The zero-order chi connectivity index (χ0) is 26.3. The largest absolute Gasteiger partial charge is 0.369 e. The third kappa shape index (κ3) is 3.73. The van der Waals surface area contributed by atoms with E-state index in [1.807, 2.05) is 85.8 Å². The van der Waals surface area contributed by atoms with Crippen molar-refractivity contribution in [2.45, 2.75) is 31.6 Å². The monoisotopic (exact) mass is 502 g/mol. The molecule has 0 saturated carbocycles. The molecule has 2 amide bonds. The normalized spacial score (nSPS) is 16.8. The summed E-state index contributed by atoms with van der Waals surface area (Å²) in [6, 6.07) is 25.9. The Hall–Kier alpha value is -4.85. The van der Waals surface area contributed by atoms with Crippen LogP contribution in [0.4, 0.5) is 0 Å². The Morgan fingerprint density at radius 3 is 2.29 bits per heavy atom. The molecule has 0 fully saturated rings. The van der Waals surface area contributed by atoms with Gasteiger partial charge in [0.2, 0.25) is 0 Å². The van der Waals surface area contributed by atoms with Crippen molar-refractivity contribution in [1.29, 1.82) is 0 Å². The van der Waals surface area contributed by atoms with Gasteiger partial charge in [-0.05, 0) is 35.7 Å². The van der Waals surface area contributed by atoms with Crippen LogP contribution in [0.25, 0.3) is 0 Å². The van der Waals surface area contributed by atoms with Crippen molar-refractivity contribution in [1.82, 2.24) is 19.8 Å². The molecule has 0 bridgehead atoms. The van der Waals surface area contributed by atoms with Crippen LogP contribution in [0.2, 0.25) is 0 Å². The van der Waals surface area contributed by atoms with Gasteiger partial charge in [-0.2, -0.15) is 0 Å². The highest BCUT2D eigenvalue weighted by Gasteiger charge is 2.51. The van der Waals surface area contributed by atoms with Gasteiger partial charge in [0.25, 0.3) is 11.8 Å².